The second-order valence-electron chi connectivity index (χ2n) is 2.79. The van der Waals surface area contributed by atoms with Crippen molar-refractivity contribution in [2.45, 2.75) is 13.0 Å². The zero-order chi connectivity index (χ0) is 9.14. The molecule has 2 N–H and O–H groups in total. The number of benzene rings is 1. The quantitative estimate of drug-likeness (QED) is 0.724. The lowest BCUT2D eigenvalue weighted by molar-refractivity contribution is 0.426. The second kappa shape index (κ2) is 3.63. The molecule has 12 heavy (non-hydrogen) atoms. The van der Waals surface area contributed by atoms with Gasteiger partial charge in [0.25, 0.3) is 0 Å². The average molecular weight is 171 g/mol. The number of alkyl halides is 1. The van der Waals surface area contributed by atoms with Crippen molar-refractivity contribution in [1.29, 1.82) is 0 Å². The van der Waals surface area contributed by atoms with Gasteiger partial charge in [0.1, 0.15) is 12.5 Å². The van der Waals surface area contributed by atoms with Gasteiger partial charge >= 0.3 is 0 Å². The van der Waals surface area contributed by atoms with Crippen molar-refractivity contribution >= 4 is 0 Å². The van der Waals surface area contributed by atoms with Gasteiger partial charge in [-0.25, -0.2) is 8.78 Å². The third kappa shape index (κ3) is 1.80. The zero-order valence-corrected chi connectivity index (χ0v) is 6.85. The molecule has 0 spiro atoms. The van der Waals surface area contributed by atoms with Crippen LogP contribution in [0.25, 0.3) is 0 Å². The summed E-state index contributed by atoms with van der Waals surface area (Å²) in [6.07, 6.45) is 0. The van der Waals surface area contributed by atoms with E-state index in [1.807, 2.05) is 6.92 Å². The Labute approximate surface area is 70.2 Å². The number of hydrogen-bond donors (Lipinski definition) is 1. The van der Waals surface area contributed by atoms with E-state index in [9.17, 15) is 8.78 Å². The Morgan fingerprint density at radius 2 is 2.17 bits per heavy atom. The molecule has 0 aliphatic carbocycles. The van der Waals surface area contributed by atoms with Crippen molar-refractivity contribution in [3.8, 4) is 0 Å². The summed E-state index contributed by atoms with van der Waals surface area (Å²) in [5, 5.41) is 0. The lowest BCUT2D eigenvalue weighted by Crippen LogP contribution is -2.14. The van der Waals surface area contributed by atoms with Crippen LogP contribution in [0.4, 0.5) is 8.78 Å². The number of halogens is 2. The van der Waals surface area contributed by atoms with E-state index in [1.54, 1.807) is 12.1 Å². The molecule has 0 radical (unpaired) electrons. The van der Waals surface area contributed by atoms with Crippen LogP contribution >= 0.6 is 0 Å². The molecule has 1 nitrogen and oxygen atoms in total. The summed E-state index contributed by atoms with van der Waals surface area (Å²) >= 11 is 0. The summed E-state index contributed by atoms with van der Waals surface area (Å²) in [6.45, 7) is 1.08. The van der Waals surface area contributed by atoms with E-state index in [0.717, 1.165) is 5.56 Å². The average Bonchev–Trinajstić information content (AvgIpc) is 2.08. The smallest absolute Gasteiger partial charge is 0.128 e. The van der Waals surface area contributed by atoms with Crippen LogP contribution in [0.1, 0.15) is 17.2 Å². The van der Waals surface area contributed by atoms with Crippen molar-refractivity contribution in [2.75, 3.05) is 6.67 Å². The van der Waals surface area contributed by atoms with Gasteiger partial charge in [0.2, 0.25) is 0 Å². The van der Waals surface area contributed by atoms with E-state index >= 15 is 0 Å². The highest BCUT2D eigenvalue weighted by Gasteiger charge is 2.10. The third-order valence-corrected chi connectivity index (χ3v) is 1.72. The van der Waals surface area contributed by atoms with Crippen LogP contribution in [-0.2, 0) is 0 Å². The van der Waals surface area contributed by atoms with E-state index in [1.165, 1.54) is 6.07 Å². The standard InChI is InChI=1S/C9H11F2N/c1-6-2-3-8(11)7(4-6)9(12)5-10/h2-4,9H,5,12H2,1H3. The Morgan fingerprint density at radius 1 is 1.50 bits per heavy atom. The van der Waals surface area contributed by atoms with Crippen molar-refractivity contribution < 1.29 is 8.78 Å². The first-order chi connectivity index (χ1) is 5.65. The van der Waals surface area contributed by atoms with Gasteiger partial charge < -0.3 is 5.73 Å². The van der Waals surface area contributed by atoms with E-state index in [-0.39, 0.29) is 5.56 Å². The molecule has 0 heterocycles. The van der Waals surface area contributed by atoms with Gasteiger partial charge in [0.15, 0.2) is 0 Å². The minimum Gasteiger partial charge on any atom is -0.322 e. The first-order valence-corrected chi connectivity index (χ1v) is 3.72. The number of aryl methyl sites for hydroxylation is 1. The SMILES string of the molecule is Cc1ccc(F)c(C(N)CF)c1. The Hall–Kier alpha value is -0.960. The van der Waals surface area contributed by atoms with Gasteiger partial charge in [0.05, 0.1) is 6.04 Å². The molecule has 66 valence electrons. The topological polar surface area (TPSA) is 26.0 Å². The van der Waals surface area contributed by atoms with E-state index in [2.05, 4.69) is 0 Å². The zero-order valence-electron chi connectivity index (χ0n) is 6.85. The predicted molar refractivity (Wildman–Crippen MR) is 44.0 cm³/mol. The fraction of sp³-hybridized carbons (Fsp3) is 0.333. The van der Waals surface area contributed by atoms with Crippen LogP contribution < -0.4 is 5.73 Å². The molecule has 1 rings (SSSR count). The van der Waals surface area contributed by atoms with Crippen LogP contribution in [-0.4, -0.2) is 6.67 Å². The maximum absolute atomic E-state index is 13.0. The Kier molecular flexibility index (Phi) is 2.76. The predicted octanol–water partition coefficient (Wildman–Crippen LogP) is 2.10. The molecule has 0 amide bonds. The van der Waals surface area contributed by atoms with Gasteiger partial charge in [-0.1, -0.05) is 17.7 Å². The normalized spacial score (nSPS) is 13.0. The minimum atomic E-state index is -0.843. The second-order valence-corrected chi connectivity index (χ2v) is 2.79. The highest BCUT2D eigenvalue weighted by Crippen LogP contribution is 2.16. The number of nitrogens with two attached hydrogens (primary N) is 1. The van der Waals surface area contributed by atoms with Gasteiger partial charge in [-0.2, -0.15) is 0 Å². The van der Waals surface area contributed by atoms with Crippen LogP contribution in [0.15, 0.2) is 18.2 Å². The molecule has 0 saturated carbocycles. The molecule has 0 aliphatic rings. The molecule has 0 bridgehead atoms. The molecule has 0 fully saturated rings. The monoisotopic (exact) mass is 171 g/mol. The van der Waals surface area contributed by atoms with E-state index in [4.69, 9.17) is 5.73 Å². The summed E-state index contributed by atoms with van der Waals surface area (Å²) < 4.78 is 25.1. The molecule has 3 heteroatoms. The summed E-state index contributed by atoms with van der Waals surface area (Å²) in [5.74, 6) is -0.439. The van der Waals surface area contributed by atoms with Crippen LogP contribution in [0, 0.1) is 12.7 Å². The number of rotatable bonds is 2. The van der Waals surface area contributed by atoms with Crippen molar-refractivity contribution in [3.05, 3.63) is 35.1 Å². The largest absolute Gasteiger partial charge is 0.322 e. The number of hydrogen-bond acceptors (Lipinski definition) is 1. The summed E-state index contributed by atoms with van der Waals surface area (Å²) in [4.78, 5) is 0. The maximum Gasteiger partial charge on any atom is 0.128 e. The molecule has 1 atom stereocenters. The maximum atomic E-state index is 13.0. The minimum absolute atomic E-state index is 0.248. The van der Waals surface area contributed by atoms with Crippen LogP contribution in [0.5, 0.6) is 0 Å². The lowest BCUT2D eigenvalue weighted by atomic mass is 10.1. The molecule has 0 aromatic heterocycles. The molecular formula is C9H11F2N. The van der Waals surface area contributed by atoms with Crippen LogP contribution in [0.3, 0.4) is 0 Å². The molecule has 1 aromatic carbocycles. The van der Waals surface area contributed by atoms with Gasteiger partial charge in [-0.3, -0.25) is 0 Å². The Morgan fingerprint density at radius 3 is 2.75 bits per heavy atom. The first kappa shape index (κ1) is 9.13. The van der Waals surface area contributed by atoms with Gasteiger partial charge in [-0.05, 0) is 13.0 Å². The van der Waals surface area contributed by atoms with Gasteiger partial charge in [0, 0.05) is 5.56 Å². The van der Waals surface area contributed by atoms with Crippen molar-refractivity contribution in [1.82, 2.24) is 0 Å². The van der Waals surface area contributed by atoms with Crippen molar-refractivity contribution in [3.63, 3.8) is 0 Å². The summed E-state index contributed by atoms with van der Waals surface area (Å²) in [7, 11) is 0. The van der Waals surface area contributed by atoms with E-state index in [0.29, 0.717) is 0 Å². The van der Waals surface area contributed by atoms with E-state index < -0.39 is 18.5 Å². The molecule has 1 unspecified atom stereocenters. The lowest BCUT2D eigenvalue weighted by Gasteiger charge is -2.08. The molecular weight excluding hydrogens is 160 g/mol. The molecule has 0 saturated heterocycles. The fourth-order valence-electron chi connectivity index (χ4n) is 1.03. The summed E-state index contributed by atoms with van der Waals surface area (Å²) in [5.41, 5.74) is 6.48. The first-order valence-electron chi connectivity index (χ1n) is 3.72. The third-order valence-electron chi connectivity index (χ3n) is 1.72. The summed E-state index contributed by atoms with van der Waals surface area (Å²) in [6, 6.07) is 3.66. The Bertz CT molecular complexity index is 273. The van der Waals surface area contributed by atoms with Crippen molar-refractivity contribution in [2.24, 2.45) is 5.73 Å². The Balaban J connectivity index is 3.04. The molecule has 0 aliphatic heterocycles. The molecule has 1 aromatic rings. The highest BCUT2D eigenvalue weighted by molar-refractivity contribution is 5.26. The fourth-order valence-corrected chi connectivity index (χ4v) is 1.03. The highest BCUT2D eigenvalue weighted by atomic mass is 19.1. The van der Waals surface area contributed by atoms with Crippen LogP contribution in [0.2, 0.25) is 0 Å². The van der Waals surface area contributed by atoms with Gasteiger partial charge in [-0.15, -0.1) is 0 Å².